The van der Waals surface area contributed by atoms with Crippen LogP contribution in [0.1, 0.15) is 16.1 Å². The maximum Gasteiger partial charge on any atom is 0.434 e. The van der Waals surface area contributed by atoms with Gasteiger partial charge in [-0.15, -0.1) is 0 Å². The highest BCUT2D eigenvalue weighted by molar-refractivity contribution is 7.89. The van der Waals surface area contributed by atoms with Crippen molar-refractivity contribution in [3.05, 3.63) is 77.9 Å². The van der Waals surface area contributed by atoms with Gasteiger partial charge >= 0.3 is 6.18 Å². The fourth-order valence-corrected chi connectivity index (χ4v) is 5.02. The number of benzene rings is 2. The average molecular weight is 482 g/mol. The van der Waals surface area contributed by atoms with Crippen molar-refractivity contribution in [3.63, 3.8) is 0 Å². The molecular weight excluding hydrogens is 464 g/mol. The van der Waals surface area contributed by atoms with E-state index in [1.807, 2.05) is 0 Å². The molecule has 7 nitrogen and oxygen atoms in total. The third-order valence-corrected chi connectivity index (χ3v) is 7.16. The molecule has 0 saturated carbocycles. The van der Waals surface area contributed by atoms with Crippen molar-refractivity contribution >= 4 is 15.9 Å². The third kappa shape index (κ3) is 4.48. The highest BCUT2D eigenvalue weighted by atomic mass is 32.2. The van der Waals surface area contributed by atoms with E-state index >= 15 is 0 Å². The van der Waals surface area contributed by atoms with Crippen molar-refractivity contribution in [1.29, 1.82) is 0 Å². The summed E-state index contributed by atoms with van der Waals surface area (Å²) in [4.78, 5) is 14.0. The van der Waals surface area contributed by atoms with Gasteiger partial charge in [0, 0.05) is 26.2 Å². The van der Waals surface area contributed by atoms with Crippen molar-refractivity contribution in [2.75, 3.05) is 26.2 Å². The van der Waals surface area contributed by atoms with Gasteiger partial charge in [0.25, 0.3) is 5.91 Å². The molecule has 1 fully saturated rings. The molecule has 0 radical (unpaired) electrons. The number of carbonyl (C=O) groups excluding carboxylic acids is 1. The van der Waals surface area contributed by atoms with Gasteiger partial charge in [0.05, 0.1) is 22.3 Å². The number of hydrogen-bond donors (Lipinski definition) is 0. The van der Waals surface area contributed by atoms with Gasteiger partial charge in [-0.25, -0.2) is 17.5 Å². The molecule has 1 aliphatic heterocycles. The predicted molar refractivity (Wildman–Crippen MR) is 110 cm³/mol. The van der Waals surface area contributed by atoms with E-state index in [0.717, 1.165) is 39.7 Å². The molecule has 0 N–H and O–H groups in total. The van der Waals surface area contributed by atoms with Crippen LogP contribution >= 0.6 is 0 Å². The van der Waals surface area contributed by atoms with Crippen LogP contribution in [-0.2, 0) is 16.2 Å². The van der Waals surface area contributed by atoms with Crippen molar-refractivity contribution in [2.24, 2.45) is 0 Å². The Labute approximate surface area is 186 Å². The average Bonchev–Trinajstić information content (AvgIpc) is 3.25. The number of rotatable bonds is 4. The lowest BCUT2D eigenvalue weighted by Crippen LogP contribution is -2.50. The summed E-state index contributed by atoms with van der Waals surface area (Å²) in [5.41, 5.74) is -1.65. The number of alkyl halides is 3. The Hall–Kier alpha value is -3.25. The number of aromatic nitrogens is 2. The van der Waals surface area contributed by atoms with Crippen LogP contribution in [0.2, 0.25) is 0 Å². The number of carbonyl (C=O) groups is 1. The largest absolute Gasteiger partial charge is 0.434 e. The van der Waals surface area contributed by atoms with Crippen LogP contribution in [0.25, 0.3) is 5.69 Å². The molecule has 4 rings (SSSR count). The molecule has 3 aromatic rings. The van der Waals surface area contributed by atoms with Crippen molar-refractivity contribution in [3.8, 4) is 5.69 Å². The molecule has 0 unspecified atom stereocenters. The van der Waals surface area contributed by atoms with Gasteiger partial charge in [-0.05, 0) is 36.4 Å². The van der Waals surface area contributed by atoms with Crippen LogP contribution in [-0.4, -0.2) is 59.5 Å². The first kappa shape index (κ1) is 22.9. The Kier molecular flexibility index (Phi) is 5.97. The van der Waals surface area contributed by atoms with Crippen LogP contribution in [0.15, 0.2) is 65.7 Å². The second-order valence-corrected chi connectivity index (χ2v) is 9.24. The van der Waals surface area contributed by atoms with Crippen LogP contribution in [0.3, 0.4) is 0 Å². The SMILES string of the molecule is O=C(c1cnn(-c2ccccc2)c1C(F)(F)F)N1CCN(S(=O)(=O)c2ccc(F)cc2)CC1. The van der Waals surface area contributed by atoms with Gasteiger partial charge in [-0.2, -0.15) is 22.6 Å². The molecule has 33 heavy (non-hydrogen) atoms. The molecule has 0 spiro atoms. The number of para-hydroxylation sites is 1. The van der Waals surface area contributed by atoms with E-state index in [1.54, 1.807) is 18.2 Å². The van der Waals surface area contributed by atoms with E-state index < -0.39 is 39.2 Å². The summed E-state index contributed by atoms with van der Waals surface area (Å²) in [5, 5.41) is 3.78. The summed E-state index contributed by atoms with van der Waals surface area (Å²) in [7, 11) is -3.92. The molecule has 0 aliphatic carbocycles. The molecule has 0 bridgehead atoms. The monoisotopic (exact) mass is 482 g/mol. The number of sulfonamides is 1. The summed E-state index contributed by atoms with van der Waals surface area (Å²) >= 11 is 0. The maximum absolute atomic E-state index is 13.8. The molecule has 174 valence electrons. The van der Waals surface area contributed by atoms with Crippen LogP contribution < -0.4 is 0 Å². The number of halogens is 4. The zero-order chi connectivity index (χ0) is 23.8. The van der Waals surface area contributed by atoms with Crippen LogP contribution in [0.4, 0.5) is 17.6 Å². The van der Waals surface area contributed by atoms with Gasteiger partial charge in [0.2, 0.25) is 10.0 Å². The minimum Gasteiger partial charge on any atom is -0.336 e. The standard InChI is InChI=1S/C21H18F4N4O3S/c22-15-6-8-17(9-7-15)33(31,32)28-12-10-27(11-13-28)20(30)18-14-26-29(19(18)21(23,24)25)16-4-2-1-3-5-16/h1-9,14H,10-13H2. The quantitative estimate of drug-likeness (QED) is 0.536. The smallest absolute Gasteiger partial charge is 0.336 e. The van der Waals surface area contributed by atoms with Crippen LogP contribution in [0, 0.1) is 5.82 Å². The van der Waals surface area contributed by atoms with Gasteiger partial charge < -0.3 is 4.90 Å². The third-order valence-electron chi connectivity index (χ3n) is 5.25. The van der Waals surface area contributed by atoms with Crippen LogP contribution in [0.5, 0.6) is 0 Å². The fourth-order valence-electron chi connectivity index (χ4n) is 3.60. The summed E-state index contributed by atoms with van der Waals surface area (Å²) < 4.78 is 81.9. The first-order valence-electron chi connectivity index (χ1n) is 9.84. The van der Waals surface area contributed by atoms with Crippen molar-refractivity contribution in [1.82, 2.24) is 19.0 Å². The van der Waals surface area contributed by atoms with Gasteiger partial charge in [0.1, 0.15) is 5.82 Å². The van der Waals surface area contributed by atoms with Gasteiger partial charge in [-0.3, -0.25) is 4.79 Å². The topological polar surface area (TPSA) is 75.5 Å². The first-order chi connectivity index (χ1) is 15.6. The Morgan fingerprint density at radius 2 is 1.52 bits per heavy atom. The van der Waals surface area contributed by atoms with E-state index in [-0.39, 0.29) is 36.8 Å². The highest BCUT2D eigenvalue weighted by Gasteiger charge is 2.42. The molecule has 1 amide bonds. The summed E-state index contributed by atoms with van der Waals surface area (Å²) in [6.07, 6.45) is -3.97. The number of hydrogen-bond acceptors (Lipinski definition) is 4. The first-order valence-corrected chi connectivity index (χ1v) is 11.3. The predicted octanol–water partition coefficient (Wildman–Crippen LogP) is 3.18. The Bertz CT molecular complexity index is 1250. The minimum absolute atomic E-state index is 0.104. The minimum atomic E-state index is -4.84. The Morgan fingerprint density at radius 3 is 2.09 bits per heavy atom. The van der Waals surface area contributed by atoms with E-state index in [9.17, 15) is 30.8 Å². The normalized spacial score (nSPS) is 15.6. The van der Waals surface area contributed by atoms with E-state index in [0.29, 0.717) is 4.68 Å². The molecule has 1 aliphatic rings. The molecule has 12 heteroatoms. The number of piperazine rings is 1. The lowest BCUT2D eigenvalue weighted by molar-refractivity contribution is -0.143. The van der Waals surface area contributed by atoms with E-state index in [2.05, 4.69) is 5.10 Å². The van der Waals surface area contributed by atoms with Gasteiger partial charge in [-0.1, -0.05) is 18.2 Å². The molecule has 2 aromatic carbocycles. The molecule has 1 saturated heterocycles. The van der Waals surface area contributed by atoms with E-state index in [1.165, 1.54) is 12.1 Å². The lowest BCUT2D eigenvalue weighted by Gasteiger charge is -2.34. The molecular formula is C21H18F4N4O3S. The van der Waals surface area contributed by atoms with Crippen molar-refractivity contribution in [2.45, 2.75) is 11.1 Å². The number of amides is 1. The molecule has 2 heterocycles. The zero-order valence-electron chi connectivity index (χ0n) is 17.0. The second-order valence-electron chi connectivity index (χ2n) is 7.30. The fraction of sp³-hybridized carbons (Fsp3) is 0.238. The molecule has 0 atom stereocenters. The Morgan fingerprint density at radius 1 is 0.909 bits per heavy atom. The molecule has 1 aromatic heterocycles. The summed E-state index contributed by atoms with van der Waals surface area (Å²) in [6.45, 7) is -0.431. The summed E-state index contributed by atoms with van der Waals surface area (Å²) in [6, 6.07) is 12.0. The second kappa shape index (κ2) is 8.60. The summed E-state index contributed by atoms with van der Waals surface area (Å²) in [5.74, 6) is -1.47. The highest BCUT2D eigenvalue weighted by Crippen LogP contribution is 2.34. The zero-order valence-corrected chi connectivity index (χ0v) is 17.9. The lowest BCUT2D eigenvalue weighted by atomic mass is 10.2. The van der Waals surface area contributed by atoms with Crippen molar-refractivity contribution < 1.29 is 30.8 Å². The van der Waals surface area contributed by atoms with E-state index in [4.69, 9.17) is 0 Å². The Balaban J connectivity index is 1.55. The van der Waals surface area contributed by atoms with Gasteiger partial charge in [0.15, 0.2) is 5.69 Å². The number of nitrogens with zero attached hydrogens (tertiary/aromatic N) is 4. The maximum atomic E-state index is 13.8.